The molecule has 0 fully saturated rings. The lowest BCUT2D eigenvalue weighted by atomic mass is 10.2. The minimum Gasteiger partial charge on any atom is -0.480 e. The van der Waals surface area contributed by atoms with E-state index in [0.29, 0.717) is 5.56 Å². The molecule has 0 aliphatic rings. The van der Waals surface area contributed by atoms with Crippen molar-refractivity contribution in [1.82, 2.24) is 10.3 Å². The molecule has 0 radical (unpaired) electrons. The van der Waals surface area contributed by atoms with Gasteiger partial charge in [0.25, 0.3) is 0 Å². The zero-order chi connectivity index (χ0) is 16.8. The van der Waals surface area contributed by atoms with E-state index in [1.54, 1.807) is 24.5 Å². The van der Waals surface area contributed by atoms with Gasteiger partial charge in [0.05, 0.1) is 11.9 Å². The van der Waals surface area contributed by atoms with Crippen LogP contribution in [-0.2, 0) is 9.59 Å². The minimum atomic E-state index is -2.90. The van der Waals surface area contributed by atoms with Crippen LogP contribution in [0.4, 0.5) is 0 Å². The summed E-state index contributed by atoms with van der Waals surface area (Å²) in [5.41, 5.74) is 0.710. The first-order valence-electron chi connectivity index (χ1n) is 6.92. The highest BCUT2D eigenvalue weighted by Gasteiger charge is 2.21. The fourth-order valence-electron chi connectivity index (χ4n) is 1.37. The number of pyridine rings is 1. The summed E-state index contributed by atoms with van der Waals surface area (Å²) in [7, 11) is 0. The van der Waals surface area contributed by atoms with Crippen molar-refractivity contribution in [3.05, 3.63) is 30.1 Å². The number of carbonyl (C=O) groups excluding carboxylic acids is 1. The van der Waals surface area contributed by atoms with E-state index in [2.05, 4.69) is 4.98 Å². The third kappa shape index (κ3) is 5.27. The molecule has 1 rings (SSSR count). The van der Waals surface area contributed by atoms with E-state index in [1.807, 2.05) is 5.32 Å². The lowest BCUT2D eigenvalue weighted by Crippen LogP contribution is -2.41. The molecular formula is C12H16N2O4S. The molecule has 0 aliphatic carbocycles. The molecule has 7 heteroatoms. The molecule has 19 heavy (non-hydrogen) atoms. The number of aliphatic carboxylic acids is 1. The van der Waals surface area contributed by atoms with Crippen LogP contribution in [0.1, 0.15) is 21.8 Å². The van der Waals surface area contributed by atoms with Crippen molar-refractivity contribution in [2.45, 2.75) is 18.1 Å². The number of aliphatic hydroxyl groups excluding tert-OH is 1. The van der Waals surface area contributed by atoms with Gasteiger partial charge in [-0.3, -0.25) is 9.78 Å². The van der Waals surface area contributed by atoms with Crippen LogP contribution >= 0.6 is 11.8 Å². The Labute approximate surface area is 119 Å². The summed E-state index contributed by atoms with van der Waals surface area (Å²) in [6.07, 6.45) is 3.11. The molecule has 0 spiro atoms. The minimum absolute atomic E-state index is 0.0860. The topological polar surface area (TPSA) is 99.5 Å². The van der Waals surface area contributed by atoms with Crippen LogP contribution in [-0.4, -0.2) is 45.5 Å². The summed E-state index contributed by atoms with van der Waals surface area (Å²) < 4.78 is 20.8. The van der Waals surface area contributed by atoms with Crippen molar-refractivity contribution in [2.75, 3.05) is 12.4 Å². The second-order valence-corrected chi connectivity index (χ2v) is 4.89. The fraction of sp³-hybridized carbons (Fsp3) is 0.417. The van der Waals surface area contributed by atoms with E-state index < -0.39 is 30.0 Å². The molecule has 1 amide bonds. The van der Waals surface area contributed by atoms with Crippen LogP contribution in [0.5, 0.6) is 0 Å². The summed E-state index contributed by atoms with van der Waals surface area (Å²) >= 11 is 1.09. The van der Waals surface area contributed by atoms with E-state index in [0.717, 1.165) is 11.8 Å². The van der Waals surface area contributed by atoms with E-state index >= 15 is 0 Å². The first-order valence-corrected chi connectivity index (χ1v) is 6.46. The van der Waals surface area contributed by atoms with Gasteiger partial charge in [-0.25, -0.2) is 4.79 Å². The average Bonchev–Trinajstić information content (AvgIpc) is 2.46. The Morgan fingerprint density at radius 1 is 1.63 bits per heavy atom. The van der Waals surface area contributed by atoms with Crippen LogP contribution in [0, 0.1) is 0 Å². The van der Waals surface area contributed by atoms with Crippen molar-refractivity contribution in [3.8, 4) is 0 Å². The second-order valence-electron chi connectivity index (χ2n) is 3.66. The first kappa shape index (κ1) is 11.2. The number of carboxylic acid groups (broad SMARTS) is 1. The molecule has 104 valence electrons. The third-order valence-corrected chi connectivity index (χ3v) is 3.64. The van der Waals surface area contributed by atoms with E-state index in [1.165, 1.54) is 0 Å². The van der Waals surface area contributed by atoms with Gasteiger partial charge in [0.2, 0.25) is 5.91 Å². The molecule has 0 aromatic carbocycles. The van der Waals surface area contributed by atoms with Crippen molar-refractivity contribution in [3.63, 3.8) is 0 Å². The van der Waals surface area contributed by atoms with Gasteiger partial charge in [-0.1, -0.05) is 6.07 Å². The molecule has 0 saturated carbocycles. The van der Waals surface area contributed by atoms with Gasteiger partial charge in [0.15, 0.2) is 0 Å². The van der Waals surface area contributed by atoms with Crippen molar-refractivity contribution >= 4 is 23.6 Å². The average molecular weight is 287 g/mol. The third-order valence-electron chi connectivity index (χ3n) is 2.29. The quantitative estimate of drug-likeness (QED) is 0.673. The normalized spacial score (nSPS) is 16.6. The molecule has 3 N–H and O–H groups in total. The predicted molar refractivity (Wildman–Crippen MR) is 71.8 cm³/mol. The highest BCUT2D eigenvalue weighted by Crippen LogP contribution is 2.28. The SMILES string of the molecule is [2H]C([2H])([2H])C(=O)N[C@@H](CSC(CO)c1cccnc1)C(=O)O. The van der Waals surface area contributed by atoms with Crippen LogP contribution in [0.3, 0.4) is 0 Å². The number of hydrogen-bond acceptors (Lipinski definition) is 5. The van der Waals surface area contributed by atoms with Crippen LogP contribution < -0.4 is 5.32 Å². The molecule has 0 bridgehead atoms. The van der Waals surface area contributed by atoms with Crippen molar-refractivity contribution in [2.24, 2.45) is 0 Å². The molecular weight excluding hydrogens is 268 g/mol. The Morgan fingerprint density at radius 2 is 2.42 bits per heavy atom. The lowest BCUT2D eigenvalue weighted by molar-refractivity contribution is -0.140. The Hall–Kier alpha value is -1.60. The van der Waals surface area contributed by atoms with Gasteiger partial charge >= 0.3 is 5.97 Å². The van der Waals surface area contributed by atoms with Crippen molar-refractivity contribution in [1.29, 1.82) is 0 Å². The number of amides is 1. The molecule has 0 saturated heterocycles. The van der Waals surface area contributed by atoms with E-state index in [9.17, 15) is 14.7 Å². The predicted octanol–water partition coefficient (Wildman–Crippen LogP) is 0.438. The highest BCUT2D eigenvalue weighted by molar-refractivity contribution is 7.99. The molecule has 1 unspecified atom stereocenters. The fourth-order valence-corrected chi connectivity index (χ4v) is 2.45. The molecule has 1 aromatic rings. The Bertz CT molecular complexity index is 513. The molecule has 2 atom stereocenters. The number of nitrogens with zero attached hydrogens (tertiary/aromatic N) is 1. The Morgan fingerprint density at radius 3 is 2.95 bits per heavy atom. The smallest absolute Gasteiger partial charge is 0.327 e. The number of carbonyl (C=O) groups is 2. The van der Waals surface area contributed by atoms with Gasteiger partial charge < -0.3 is 15.5 Å². The lowest BCUT2D eigenvalue weighted by Gasteiger charge is -2.17. The monoisotopic (exact) mass is 287 g/mol. The van der Waals surface area contributed by atoms with E-state index in [4.69, 9.17) is 9.22 Å². The van der Waals surface area contributed by atoms with Gasteiger partial charge in [-0.05, 0) is 11.6 Å². The number of aromatic nitrogens is 1. The second kappa shape index (κ2) is 7.75. The number of rotatable bonds is 7. The Balaban J connectivity index is 2.68. The maximum Gasteiger partial charge on any atom is 0.327 e. The standard InChI is InChI=1S/C12H16N2O4S/c1-8(16)14-10(12(17)18)7-19-11(6-15)9-3-2-4-13-5-9/h2-5,10-11,15H,6-7H2,1H3,(H,14,16)(H,17,18)/t10-,11?/m0/s1/i1D3. The summed E-state index contributed by atoms with van der Waals surface area (Å²) in [5, 5.41) is 20.0. The van der Waals surface area contributed by atoms with Crippen molar-refractivity contribution < 1.29 is 23.9 Å². The number of aliphatic hydroxyl groups is 1. The maximum absolute atomic E-state index is 11.4. The number of carboxylic acids is 1. The number of thioether (sulfide) groups is 1. The van der Waals surface area contributed by atoms with Gasteiger partial charge in [-0.15, -0.1) is 11.8 Å². The maximum atomic E-state index is 11.4. The zero-order valence-corrected chi connectivity index (χ0v) is 10.8. The van der Waals surface area contributed by atoms with Crippen LogP contribution in [0.25, 0.3) is 0 Å². The zero-order valence-electron chi connectivity index (χ0n) is 12.9. The first-order chi connectivity index (χ1) is 10.3. The summed E-state index contributed by atoms with van der Waals surface area (Å²) in [5.74, 6) is -2.74. The van der Waals surface area contributed by atoms with Gasteiger partial charge in [-0.2, -0.15) is 0 Å². The molecule has 1 heterocycles. The number of nitrogens with one attached hydrogen (secondary N) is 1. The van der Waals surface area contributed by atoms with Gasteiger partial charge in [0.1, 0.15) is 6.04 Å². The number of hydrogen-bond donors (Lipinski definition) is 3. The largest absolute Gasteiger partial charge is 0.480 e. The molecule has 1 aromatic heterocycles. The van der Waals surface area contributed by atoms with E-state index in [-0.39, 0.29) is 12.4 Å². The van der Waals surface area contributed by atoms with Crippen LogP contribution in [0.15, 0.2) is 24.5 Å². The summed E-state index contributed by atoms with van der Waals surface area (Å²) in [6, 6.07) is 2.06. The Kier molecular flexibility index (Phi) is 4.59. The van der Waals surface area contributed by atoms with Gasteiger partial charge in [0, 0.05) is 29.1 Å². The highest BCUT2D eigenvalue weighted by atomic mass is 32.2. The summed E-state index contributed by atoms with van der Waals surface area (Å²) in [4.78, 5) is 26.4. The molecule has 0 aliphatic heterocycles. The van der Waals surface area contributed by atoms with Crippen LogP contribution in [0.2, 0.25) is 0 Å². The summed E-state index contributed by atoms with van der Waals surface area (Å²) in [6.45, 7) is -3.14. The molecule has 6 nitrogen and oxygen atoms in total.